The Morgan fingerprint density at radius 1 is 1.24 bits per heavy atom. The molecule has 2 saturated heterocycles. The zero-order chi connectivity index (χ0) is 23.5. The molecule has 3 unspecified atom stereocenters. The summed E-state index contributed by atoms with van der Waals surface area (Å²) < 4.78 is 26.3. The van der Waals surface area contributed by atoms with Crippen LogP contribution in [0.4, 0.5) is 10.3 Å². The highest BCUT2D eigenvalue weighted by atomic mass is 35.5. The summed E-state index contributed by atoms with van der Waals surface area (Å²) in [4.78, 5) is 12.8. The highest BCUT2D eigenvalue weighted by molar-refractivity contribution is 6.36. The van der Waals surface area contributed by atoms with Crippen molar-refractivity contribution in [2.45, 2.75) is 50.4 Å². The Morgan fingerprint density at radius 3 is 2.79 bits per heavy atom. The van der Waals surface area contributed by atoms with E-state index in [1.54, 1.807) is 19.9 Å². The molecule has 0 spiro atoms. The van der Waals surface area contributed by atoms with Crippen molar-refractivity contribution in [3.05, 3.63) is 46.0 Å². The number of hydrogen-bond acceptors (Lipinski definition) is 8. The second-order valence-corrected chi connectivity index (χ2v) is 9.60. The highest BCUT2D eigenvalue weighted by Gasteiger charge is 2.49. The van der Waals surface area contributed by atoms with E-state index in [0.717, 1.165) is 0 Å². The number of benzene rings is 1. The second-order valence-electron chi connectivity index (χ2n) is 8.81. The monoisotopic (exact) mass is 494 g/mol. The third-order valence-electron chi connectivity index (χ3n) is 5.86. The van der Waals surface area contributed by atoms with Crippen LogP contribution in [0.3, 0.4) is 0 Å². The number of aromatic nitrogens is 3. The van der Waals surface area contributed by atoms with Gasteiger partial charge in [-0.2, -0.15) is 0 Å². The summed E-state index contributed by atoms with van der Waals surface area (Å²) in [5.74, 6) is -0.392. The van der Waals surface area contributed by atoms with Gasteiger partial charge in [-0.15, -0.1) is 0 Å². The highest BCUT2D eigenvalue weighted by Crippen LogP contribution is 2.39. The van der Waals surface area contributed by atoms with Gasteiger partial charge in [0.1, 0.15) is 17.4 Å². The van der Waals surface area contributed by atoms with E-state index in [2.05, 4.69) is 20.3 Å². The number of anilines is 1. The molecule has 5 rings (SSSR count). The fourth-order valence-corrected chi connectivity index (χ4v) is 4.72. The number of aliphatic hydroxyl groups is 2. The van der Waals surface area contributed by atoms with Crippen LogP contribution >= 0.6 is 23.2 Å². The van der Waals surface area contributed by atoms with Gasteiger partial charge in [-0.1, -0.05) is 23.2 Å². The molecule has 2 aliphatic rings. The van der Waals surface area contributed by atoms with Crippen molar-refractivity contribution >= 4 is 40.1 Å². The Hall–Kier alpha value is -2.14. The van der Waals surface area contributed by atoms with Crippen molar-refractivity contribution in [2.24, 2.45) is 0 Å². The molecule has 3 aromatic rings. The normalized spacial score (nSPS) is 24.9. The number of ether oxygens (including phenoxy) is 2. The number of nitrogens with zero attached hydrogens (tertiary/aromatic N) is 3. The summed E-state index contributed by atoms with van der Waals surface area (Å²) in [6, 6.07) is 2.90. The van der Waals surface area contributed by atoms with Gasteiger partial charge in [0.2, 0.25) is 5.95 Å². The first-order valence-electron chi connectivity index (χ1n) is 10.4. The topological polar surface area (TPSA) is 110 Å². The Morgan fingerprint density at radius 2 is 2.03 bits per heavy atom. The minimum absolute atomic E-state index is 0.0717. The fourth-order valence-electron chi connectivity index (χ4n) is 4.10. The first-order chi connectivity index (χ1) is 15.6. The van der Waals surface area contributed by atoms with Crippen molar-refractivity contribution in [3.8, 4) is 11.3 Å². The van der Waals surface area contributed by atoms with Crippen molar-refractivity contribution in [2.75, 3.05) is 11.9 Å². The first-order valence-corrected chi connectivity index (χ1v) is 11.1. The third-order valence-corrected chi connectivity index (χ3v) is 6.54. The van der Waals surface area contributed by atoms with Crippen LogP contribution in [-0.2, 0) is 15.1 Å². The minimum atomic E-state index is -1.26. The Labute approximate surface area is 198 Å². The van der Waals surface area contributed by atoms with Crippen LogP contribution in [0.2, 0.25) is 10.0 Å². The maximum Gasteiger partial charge on any atom is 0.225 e. The lowest BCUT2D eigenvalue weighted by molar-refractivity contribution is -0.172. The Bertz CT molecular complexity index is 1260. The van der Waals surface area contributed by atoms with E-state index in [9.17, 15) is 14.6 Å². The van der Waals surface area contributed by atoms with E-state index in [1.165, 1.54) is 18.5 Å². The molecule has 3 atom stereocenters. The van der Waals surface area contributed by atoms with Gasteiger partial charge in [-0.05, 0) is 32.4 Å². The molecule has 2 fully saturated rings. The smallest absolute Gasteiger partial charge is 0.225 e. The van der Waals surface area contributed by atoms with E-state index in [-0.39, 0.29) is 33.8 Å². The van der Waals surface area contributed by atoms with Crippen LogP contribution in [-0.4, -0.2) is 49.9 Å². The maximum absolute atomic E-state index is 15.0. The van der Waals surface area contributed by atoms with Gasteiger partial charge in [-0.25, -0.2) is 14.4 Å². The van der Waals surface area contributed by atoms with Crippen molar-refractivity contribution < 1.29 is 24.1 Å². The molecule has 2 bridgehead atoms. The van der Waals surface area contributed by atoms with Gasteiger partial charge in [0.15, 0.2) is 12.0 Å². The number of fused-ring (bicyclic) bond motifs is 3. The molecule has 8 nitrogen and oxygen atoms in total. The van der Waals surface area contributed by atoms with Gasteiger partial charge >= 0.3 is 0 Å². The number of hydrogen-bond donors (Lipinski definition) is 3. The molecule has 3 N–H and O–H groups in total. The molecule has 1 aromatic carbocycles. The molecule has 11 heteroatoms. The van der Waals surface area contributed by atoms with Crippen LogP contribution in [0, 0.1) is 5.82 Å². The molecule has 2 aromatic heterocycles. The number of nitrogens with one attached hydrogen (secondary N) is 1. The molecule has 33 heavy (non-hydrogen) atoms. The third kappa shape index (κ3) is 4.03. The Balaban J connectivity index is 1.55. The van der Waals surface area contributed by atoms with Crippen LogP contribution in [0.1, 0.15) is 32.3 Å². The van der Waals surface area contributed by atoms with Crippen LogP contribution in [0.5, 0.6) is 0 Å². The molecule has 0 amide bonds. The molecule has 174 valence electrons. The zero-order valence-corrected chi connectivity index (χ0v) is 19.3. The average Bonchev–Trinajstić information content (AvgIpc) is 3.11. The van der Waals surface area contributed by atoms with Crippen molar-refractivity contribution in [1.82, 2.24) is 15.0 Å². The molecular weight excluding hydrogens is 474 g/mol. The molecule has 0 aliphatic carbocycles. The van der Waals surface area contributed by atoms with Crippen molar-refractivity contribution in [1.29, 1.82) is 0 Å². The van der Waals surface area contributed by atoms with E-state index in [1.807, 2.05) is 0 Å². The van der Waals surface area contributed by atoms with Gasteiger partial charge in [0, 0.05) is 29.1 Å². The maximum atomic E-state index is 15.0. The predicted molar refractivity (Wildman–Crippen MR) is 120 cm³/mol. The summed E-state index contributed by atoms with van der Waals surface area (Å²) in [6.45, 7) is 3.37. The van der Waals surface area contributed by atoms with Gasteiger partial charge in [-0.3, -0.25) is 4.98 Å². The van der Waals surface area contributed by atoms with Gasteiger partial charge < -0.3 is 25.0 Å². The molecular formula is C22H21Cl2FN4O4. The van der Waals surface area contributed by atoms with E-state index in [0.29, 0.717) is 29.4 Å². The number of halogens is 3. The zero-order valence-electron chi connectivity index (χ0n) is 17.8. The van der Waals surface area contributed by atoms with Crippen LogP contribution in [0.25, 0.3) is 22.2 Å². The van der Waals surface area contributed by atoms with Crippen LogP contribution < -0.4 is 5.32 Å². The largest absolute Gasteiger partial charge is 0.388 e. The van der Waals surface area contributed by atoms with E-state index < -0.39 is 29.5 Å². The summed E-state index contributed by atoms with van der Waals surface area (Å²) in [7, 11) is 0. The summed E-state index contributed by atoms with van der Waals surface area (Å²) in [5.41, 5.74) is -1.04. The van der Waals surface area contributed by atoms with E-state index in [4.69, 9.17) is 32.7 Å². The predicted octanol–water partition coefficient (Wildman–Crippen LogP) is 4.00. The minimum Gasteiger partial charge on any atom is -0.388 e. The van der Waals surface area contributed by atoms with E-state index >= 15 is 0 Å². The first kappa shape index (κ1) is 22.6. The standard InChI is InChI=1S/C22H21Cl2FN4O4/c1-21(2,31)12-7-26-18-11(16(12)24)5-10(6-14(18)25)17-13(23)8-27-20(28-17)29-22-4-3-15(30)19(33-22)32-9-22/h5-8,15,19,30-31H,3-4,9H2,1-2H3,(H,27,28,29). The number of rotatable bonds is 4. The SMILES string of the molecule is CC(C)(O)c1cnc2c(F)cc(-c3nc(NC45CCC(O)C(OC4)O5)ncc3Cl)cc2c1Cl. The number of aliphatic hydroxyl groups excluding tert-OH is 1. The molecule has 0 saturated carbocycles. The summed E-state index contributed by atoms with van der Waals surface area (Å²) in [5, 5.41) is 24.2. The average molecular weight is 495 g/mol. The molecule has 2 aliphatic heterocycles. The number of pyridine rings is 1. The summed E-state index contributed by atoms with van der Waals surface area (Å²) in [6.07, 6.45) is 2.39. The van der Waals surface area contributed by atoms with Gasteiger partial charge in [0.25, 0.3) is 0 Å². The van der Waals surface area contributed by atoms with Gasteiger partial charge in [0.05, 0.1) is 34.1 Å². The second kappa shape index (κ2) is 7.97. The lowest BCUT2D eigenvalue weighted by Gasteiger charge is -2.33. The van der Waals surface area contributed by atoms with Crippen molar-refractivity contribution in [3.63, 3.8) is 0 Å². The fraction of sp³-hybridized carbons (Fsp3) is 0.409. The molecule has 4 heterocycles. The quantitative estimate of drug-likeness (QED) is 0.499. The summed E-state index contributed by atoms with van der Waals surface area (Å²) >= 11 is 12.9. The lowest BCUT2D eigenvalue weighted by atomic mass is 9.97. The lowest BCUT2D eigenvalue weighted by Crippen LogP contribution is -2.47. The van der Waals surface area contributed by atoms with Crippen LogP contribution in [0.15, 0.2) is 24.5 Å². The Kier molecular flexibility index (Phi) is 5.47. The molecule has 0 radical (unpaired) electrons.